The van der Waals surface area contributed by atoms with Gasteiger partial charge in [-0.3, -0.25) is 0 Å². The molecule has 0 aromatic rings. The van der Waals surface area contributed by atoms with Crippen LogP contribution in [0.2, 0.25) is 0 Å². The number of unbranched alkanes of at least 4 members (excludes halogenated alkanes) is 1. The van der Waals surface area contributed by atoms with Crippen molar-refractivity contribution < 1.29 is 0 Å². The summed E-state index contributed by atoms with van der Waals surface area (Å²) in [4.78, 5) is 2.63. The molecule has 1 nitrogen and oxygen atoms in total. The van der Waals surface area contributed by atoms with Gasteiger partial charge in [-0.05, 0) is 37.8 Å². The van der Waals surface area contributed by atoms with E-state index in [1.165, 1.54) is 45.3 Å². The zero-order chi connectivity index (χ0) is 11.7. The number of hydrogen-bond acceptors (Lipinski definition) is 1. The fraction of sp³-hybridized carbons (Fsp3) is 1.00. The van der Waals surface area contributed by atoms with Gasteiger partial charge < -0.3 is 4.90 Å². The van der Waals surface area contributed by atoms with Gasteiger partial charge in [-0.2, -0.15) is 0 Å². The van der Waals surface area contributed by atoms with Crippen LogP contribution in [-0.4, -0.2) is 24.5 Å². The van der Waals surface area contributed by atoms with Gasteiger partial charge in [-0.25, -0.2) is 0 Å². The molecule has 15 heavy (non-hydrogen) atoms. The molecule has 0 amide bonds. The Kier molecular flexibility index (Phi) is 9.18. The van der Waals surface area contributed by atoms with E-state index in [-0.39, 0.29) is 0 Å². The lowest BCUT2D eigenvalue weighted by Gasteiger charge is -2.23. The van der Waals surface area contributed by atoms with Crippen LogP contribution < -0.4 is 0 Å². The van der Waals surface area contributed by atoms with Gasteiger partial charge in [0.05, 0.1) is 0 Å². The van der Waals surface area contributed by atoms with E-state index in [0.717, 1.165) is 11.8 Å². The van der Waals surface area contributed by atoms with Gasteiger partial charge in [0, 0.05) is 6.54 Å². The highest BCUT2D eigenvalue weighted by atomic mass is 15.1. The van der Waals surface area contributed by atoms with E-state index >= 15 is 0 Å². The molecule has 0 spiro atoms. The molecule has 0 unspecified atom stereocenters. The van der Waals surface area contributed by atoms with Crippen LogP contribution in [0.25, 0.3) is 0 Å². The smallest absolute Gasteiger partial charge is 0.000438 e. The summed E-state index contributed by atoms with van der Waals surface area (Å²) in [6, 6.07) is 0. The average molecular weight is 213 g/mol. The predicted octanol–water partition coefficient (Wildman–Crippen LogP) is 4.18. The summed E-state index contributed by atoms with van der Waals surface area (Å²) in [7, 11) is 0. The maximum absolute atomic E-state index is 2.63. The van der Waals surface area contributed by atoms with Crippen molar-refractivity contribution in [2.75, 3.05) is 19.6 Å². The molecular formula is C14H31N. The molecule has 92 valence electrons. The minimum Gasteiger partial charge on any atom is -0.303 e. The summed E-state index contributed by atoms with van der Waals surface area (Å²) < 4.78 is 0. The van der Waals surface area contributed by atoms with Gasteiger partial charge >= 0.3 is 0 Å². The van der Waals surface area contributed by atoms with E-state index in [2.05, 4.69) is 39.5 Å². The van der Waals surface area contributed by atoms with Gasteiger partial charge in [-0.15, -0.1) is 0 Å². The van der Waals surface area contributed by atoms with Crippen molar-refractivity contribution in [2.24, 2.45) is 11.8 Å². The van der Waals surface area contributed by atoms with Crippen LogP contribution >= 0.6 is 0 Å². The molecule has 0 fully saturated rings. The van der Waals surface area contributed by atoms with Crippen LogP contribution in [0, 0.1) is 11.8 Å². The molecule has 0 aromatic carbocycles. The Labute approximate surface area is 97.2 Å². The molecule has 0 saturated carbocycles. The third kappa shape index (κ3) is 10.2. The fourth-order valence-corrected chi connectivity index (χ4v) is 2.01. The second-order valence-corrected chi connectivity index (χ2v) is 5.58. The summed E-state index contributed by atoms with van der Waals surface area (Å²) >= 11 is 0. The Morgan fingerprint density at radius 2 is 1.53 bits per heavy atom. The van der Waals surface area contributed by atoms with E-state index in [4.69, 9.17) is 0 Å². The van der Waals surface area contributed by atoms with Gasteiger partial charge in [0.1, 0.15) is 0 Å². The largest absolute Gasteiger partial charge is 0.303 e. The Balaban J connectivity index is 3.56. The van der Waals surface area contributed by atoms with Gasteiger partial charge in [0.15, 0.2) is 0 Å². The van der Waals surface area contributed by atoms with E-state index in [1.54, 1.807) is 0 Å². The van der Waals surface area contributed by atoms with Crippen LogP contribution in [0.3, 0.4) is 0 Å². The first kappa shape index (κ1) is 15.0. The monoisotopic (exact) mass is 213 g/mol. The molecule has 0 rings (SSSR count). The van der Waals surface area contributed by atoms with Crippen molar-refractivity contribution in [1.29, 1.82) is 0 Å². The lowest BCUT2D eigenvalue weighted by molar-refractivity contribution is 0.238. The molecule has 0 atom stereocenters. The zero-order valence-corrected chi connectivity index (χ0v) is 11.6. The molecular weight excluding hydrogens is 182 g/mol. The topological polar surface area (TPSA) is 3.24 Å². The van der Waals surface area contributed by atoms with E-state index < -0.39 is 0 Å². The Morgan fingerprint density at radius 3 is 2.00 bits per heavy atom. The van der Waals surface area contributed by atoms with Crippen molar-refractivity contribution in [3.63, 3.8) is 0 Å². The molecule has 1 heteroatoms. The maximum atomic E-state index is 2.63. The summed E-state index contributed by atoms with van der Waals surface area (Å²) in [5, 5.41) is 0. The van der Waals surface area contributed by atoms with Crippen molar-refractivity contribution in [3.8, 4) is 0 Å². The highest BCUT2D eigenvalue weighted by molar-refractivity contribution is 4.60. The normalized spacial score (nSPS) is 12.0. The van der Waals surface area contributed by atoms with Crippen LogP contribution in [0.4, 0.5) is 0 Å². The first-order valence-corrected chi connectivity index (χ1v) is 6.78. The van der Waals surface area contributed by atoms with E-state index in [9.17, 15) is 0 Å². The SMILES string of the molecule is CCCN(CCCCC(C)C)CC(C)C. The highest BCUT2D eigenvalue weighted by Crippen LogP contribution is 2.08. The van der Waals surface area contributed by atoms with E-state index in [1.807, 2.05) is 0 Å². The molecule has 0 aliphatic heterocycles. The Hall–Kier alpha value is -0.0400. The predicted molar refractivity (Wildman–Crippen MR) is 70.3 cm³/mol. The first-order valence-electron chi connectivity index (χ1n) is 6.78. The van der Waals surface area contributed by atoms with Crippen LogP contribution in [0.5, 0.6) is 0 Å². The molecule has 0 aliphatic rings. The summed E-state index contributed by atoms with van der Waals surface area (Å²) in [5.41, 5.74) is 0. The standard InChI is InChI=1S/C14H31N/c1-6-10-15(12-14(4)5)11-8-7-9-13(2)3/h13-14H,6-12H2,1-5H3. The summed E-state index contributed by atoms with van der Waals surface area (Å²) in [6.45, 7) is 15.4. The Bertz CT molecular complexity index is 129. The molecule has 0 aromatic heterocycles. The van der Waals surface area contributed by atoms with Gasteiger partial charge in [0.25, 0.3) is 0 Å². The number of hydrogen-bond donors (Lipinski definition) is 0. The maximum Gasteiger partial charge on any atom is 0.000438 e. The van der Waals surface area contributed by atoms with Crippen LogP contribution in [0.1, 0.15) is 60.3 Å². The highest BCUT2D eigenvalue weighted by Gasteiger charge is 2.05. The molecule has 0 saturated heterocycles. The minimum atomic E-state index is 0.807. The molecule has 0 N–H and O–H groups in total. The zero-order valence-electron chi connectivity index (χ0n) is 11.6. The number of rotatable bonds is 9. The van der Waals surface area contributed by atoms with Gasteiger partial charge in [-0.1, -0.05) is 47.5 Å². The second kappa shape index (κ2) is 9.21. The molecule has 0 radical (unpaired) electrons. The third-order valence-electron chi connectivity index (χ3n) is 2.67. The van der Waals surface area contributed by atoms with Crippen LogP contribution in [-0.2, 0) is 0 Å². The quantitative estimate of drug-likeness (QED) is 0.519. The lowest BCUT2D eigenvalue weighted by atomic mass is 10.1. The first-order chi connectivity index (χ1) is 7.06. The van der Waals surface area contributed by atoms with Crippen molar-refractivity contribution >= 4 is 0 Å². The van der Waals surface area contributed by atoms with Crippen molar-refractivity contribution in [2.45, 2.75) is 60.3 Å². The van der Waals surface area contributed by atoms with E-state index in [0.29, 0.717) is 0 Å². The third-order valence-corrected chi connectivity index (χ3v) is 2.67. The molecule has 0 heterocycles. The minimum absolute atomic E-state index is 0.807. The summed E-state index contributed by atoms with van der Waals surface area (Å²) in [6.07, 6.45) is 5.46. The van der Waals surface area contributed by atoms with Crippen molar-refractivity contribution in [3.05, 3.63) is 0 Å². The second-order valence-electron chi connectivity index (χ2n) is 5.58. The molecule has 0 aliphatic carbocycles. The van der Waals surface area contributed by atoms with Crippen molar-refractivity contribution in [1.82, 2.24) is 4.90 Å². The molecule has 0 bridgehead atoms. The average Bonchev–Trinajstić information content (AvgIpc) is 2.11. The summed E-state index contributed by atoms with van der Waals surface area (Å²) in [5.74, 6) is 1.68. The van der Waals surface area contributed by atoms with Gasteiger partial charge in [0.2, 0.25) is 0 Å². The number of nitrogens with zero attached hydrogens (tertiary/aromatic N) is 1. The Morgan fingerprint density at radius 1 is 0.867 bits per heavy atom. The lowest BCUT2D eigenvalue weighted by Crippen LogP contribution is -2.29. The fourth-order valence-electron chi connectivity index (χ4n) is 2.01. The van der Waals surface area contributed by atoms with Crippen LogP contribution in [0.15, 0.2) is 0 Å².